The van der Waals surface area contributed by atoms with E-state index in [-0.39, 0.29) is 10.8 Å². The smallest absolute Gasteiger partial charge is 0.259 e. The van der Waals surface area contributed by atoms with Crippen LogP contribution in [0.3, 0.4) is 0 Å². The van der Waals surface area contributed by atoms with Crippen LogP contribution in [0.15, 0.2) is 11.1 Å². The summed E-state index contributed by atoms with van der Waals surface area (Å²) in [4.78, 5) is 0. The van der Waals surface area contributed by atoms with E-state index >= 15 is 0 Å². The maximum absolute atomic E-state index is 12.2. The van der Waals surface area contributed by atoms with Gasteiger partial charge in [0.05, 0.1) is 10.8 Å². The number of nitrogens with zero attached hydrogens (tertiary/aromatic N) is 2. The van der Waals surface area contributed by atoms with E-state index in [1.165, 1.54) is 7.05 Å². The Morgan fingerprint density at radius 1 is 1.57 bits per heavy atom. The summed E-state index contributed by atoms with van der Waals surface area (Å²) < 4.78 is 48.8. The third kappa shape index (κ3) is 2.14. The molecule has 0 saturated heterocycles. The fourth-order valence-electron chi connectivity index (χ4n) is 0.950. The minimum Gasteiger partial charge on any atom is -0.259 e. The molecule has 1 heterocycles. The maximum atomic E-state index is 12.2. The van der Waals surface area contributed by atoms with Gasteiger partial charge in [-0.15, -0.1) is 0 Å². The van der Waals surface area contributed by atoms with Crippen molar-refractivity contribution in [3.8, 4) is 0 Å². The van der Waals surface area contributed by atoms with Crippen LogP contribution in [0.4, 0.5) is 13.2 Å². The number of hydrogen-bond acceptors (Lipinski definition) is 2. The van der Waals surface area contributed by atoms with Crippen molar-refractivity contribution < 1.29 is 17.4 Å². The Morgan fingerprint density at radius 3 is 2.50 bits per heavy atom. The molecule has 1 rings (SSSR count). The van der Waals surface area contributed by atoms with Gasteiger partial charge in [-0.1, -0.05) is 6.92 Å². The van der Waals surface area contributed by atoms with Gasteiger partial charge in [0.2, 0.25) is 0 Å². The van der Waals surface area contributed by atoms with E-state index in [1.54, 1.807) is 6.92 Å². The topological polar surface area (TPSA) is 34.9 Å². The van der Waals surface area contributed by atoms with E-state index < -0.39 is 22.7 Å². The first-order chi connectivity index (χ1) is 6.36. The molecular weight excluding hydrogens is 217 g/mol. The molecule has 0 saturated carbocycles. The molecule has 1 aromatic heterocycles. The number of alkyl halides is 3. The monoisotopic (exact) mass is 226 g/mol. The summed E-state index contributed by atoms with van der Waals surface area (Å²) in [6.07, 6.45) is -4.48. The molecule has 0 aromatic carbocycles. The molecule has 0 amide bonds. The Labute approximate surface area is 81.4 Å². The highest BCUT2D eigenvalue weighted by molar-refractivity contribution is 7.84. The van der Waals surface area contributed by atoms with E-state index in [0.717, 1.165) is 10.7 Å². The molecule has 1 unspecified atom stereocenters. The van der Waals surface area contributed by atoms with E-state index in [1.807, 2.05) is 0 Å². The largest absolute Gasteiger partial charge is 0.435 e. The Bertz CT molecular complexity index is 358. The molecule has 80 valence electrons. The third-order valence-corrected chi connectivity index (χ3v) is 3.00. The van der Waals surface area contributed by atoms with Gasteiger partial charge >= 0.3 is 6.18 Å². The summed E-state index contributed by atoms with van der Waals surface area (Å²) in [5, 5.41) is 3.35. The quantitative estimate of drug-likeness (QED) is 0.767. The van der Waals surface area contributed by atoms with Crippen molar-refractivity contribution in [1.82, 2.24) is 9.78 Å². The summed E-state index contributed by atoms with van der Waals surface area (Å²) in [6.45, 7) is 1.64. The van der Waals surface area contributed by atoms with Crippen molar-refractivity contribution in [3.05, 3.63) is 11.8 Å². The zero-order valence-electron chi connectivity index (χ0n) is 7.63. The normalized spacial score (nSPS) is 14.4. The lowest BCUT2D eigenvalue weighted by molar-refractivity contribution is -0.141. The summed E-state index contributed by atoms with van der Waals surface area (Å²) in [7, 11) is -0.0701. The van der Waals surface area contributed by atoms with Crippen LogP contribution in [0.2, 0.25) is 0 Å². The van der Waals surface area contributed by atoms with Gasteiger partial charge in [-0.2, -0.15) is 18.3 Å². The average Bonchev–Trinajstić information content (AvgIpc) is 2.45. The van der Waals surface area contributed by atoms with Crippen LogP contribution in [-0.2, 0) is 24.0 Å². The molecule has 0 bridgehead atoms. The van der Waals surface area contributed by atoms with Gasteiger partial charge < -0.3 is 0 Å². The molecule has 0 aliphatic heterocycles. The molecule has 3 nitrogen and oxygen atoms in total. The highest BCUT2D eigenvalue weighted by Gasteiger charge is 2.35. The number of rotatable bonds is 2. The van der Waals surface area contributed by atoms with Gasteiger partial charge in [-0.25, -0.2) is 0 Å². The molecule has 7 heteroatoms. The van der Waals surface area contributed by atoms with Crippen molar-refractivity contribution >= 4 is 10.8 Å². The van der Waals surface area contributed by atoms with Crippen molar-refractivity contribution in [3.63, 3.8) is 0 Å². The summed E-state index contributed by atoms with van der Waals surface area (Å²) in [5.74, 6) is 0.275. The minimum absolute atomic E-state index is 0.0971. The first-order valence-corrected chi connectivity index (χ1v) is 5.17. The van der Waals surface area contributed by atoms with Gasteiger partial charge in [-0.3, -0.25) is 8.89 Å². The highest BCUT2D eigenvalue weighted by atomic mass is 32.2. The van der Waals surface area contributed by atoms with Gasteiger partial charge in [0.15, 0.2) is 5.69 Å². The Balaban J connectivity index is 3.12. The predicted octanol–water partition coefficient (Wildman–Crippen LogP) is 1.57. The van der Waals surface area contributed by atoms with Crippen molar-refractivity contribution in [2.45, 2.75) is 18.1 Å². The summed E-state index contributed by atoms with van der Waals surface area (Å²) >= 11 is 0. The van der Waals surface area contributed by atoms with Crippen molar-refractivity contribution in [2.24, 2.45) is 7.05 Å². The lowest BCUT2D eigenvalue weighted by atomic mass is 10.4. The maximum Gasteiger partial charge on any atom is 0.435 e. The summed E-state index contributed by atoms with van der Waals surface area (Å²) in [5.41, 5.74) is -1.00. The Hall–Kier alpha value is -0.850. The zero-order chi connectivity index (χ0) is 10.9. The van der Waals surface area contributed by atoms with Crippen molar-refractivity contribution in [2.75, 3.05) is 5.75 Å². The molecular formula is C7H9F3N2OS. The third-order valence-electron chi connectivity index (χ3n) is 1.62. The predicted molar refractivity (Wildman–Crippen MR) is 45.2 cm³/mol. The van der Waals surface area contributed by atoms with Crippen LogP contribution in [-0.4, -0.2) is 19.7 Å². The van der Waals surface area contributed by atoms with Crippen LogP contribution in [0.1, 0.15) is 12.6 Å². The molecule has 14 heavy (non-hydrogen) atoms. The number of aryl methyl sites for hydroxylation is 1. The fourth-order valence-corrected chi connectivity index (χ4v) is 1.82. The Kier molecular flexibility index (Phi) is 2.98. The molecule has 0 spiro atoms. The number of hydrogen-bond donors (Lipinski definition) is 0. The van der Waals surface area contributed by atoms with Gasteiger partial charge in [0, 0.05) is 18.9 Å². The average molecular weight is 226 g/mol. The van der Waals surface area contributed by atoms with Crippen LogP contribution in [0.25, 0.3) is 0 Å². The lowest BCUT2D eigenvalue weighted by Crippen LogP contribution is -2.06. The van der Waals surface area contributed by atoms with Gasteiger partial charge in [0.25, 0.3) is 0 Å². The zero-order valence-corrected chi connectivity index (χ0v) is 8.45. The Morgan fingerprint density at radius 2 is 2.14 bits per heavy atom. The van der Waals surface area contributed by atoms with Gasteiger partial charge in [-0.05, 0) is 0 Å². The second kappa shape index (κ2) is 3.72. The lowest BCUT2D eigenvalue weighted by Gasteiger charge is -1.98. The molecule has 0 fully saturated rings. The highest BCUT2D eigenvalue weighted by Crippen LogP contribution is 2.28. The van der Waals surface area contributed by atoms with Crippen LogP contribution in [0, 0.1) is 0 Å². The van der Waals surface area contributed by atoms with E-state index in [9.17, 15) is 17.4 Å². The first kappa shape index (κ1) is 11.2. The van der Waals surface area contributed by atoms with Gasteiger partial charge in [0.1, 0.15) is 5.03 Å². The summed E-state index contributed by atoms with van der Waals surface area (Å²) in [6, 6.07) is 0.819. The first-order valence-electron chi connectivity index (χ1n) is 3.86. The standard InChI is InChI=1S/C7H9F3N2OS/c1-3-14(13)6-4-5(7(8,9)10)11-12(6)2/h4H,3H2,1-2H3. The fraction of sp³-hybridized carbons (Fsp3) is 0.571. The van der Waals surface area contributed by atoms with Crippen LogP contribution >= 0.6 is 0 Å². The molecule has 0 radical (unpaired) electrons. The SMILES string of the molecule is CCS(=O)c1cc(C(F)(F)F)nn1C. The molecule has 0 aliphatic carbocycles. The van der Waals surface area contributed by atoms with Crippen LogP contribution < -0.4 is 0 Å². The second-order valence-electron chi connectivity index (χ2n) is 2.62. The second-order valence-corrected chi connectivity index (χ2v) is 4.31. The molecule has 0 aliphatic rings. The van der Waals surface area contributed by atoms with E-state index in [2.05, 4.69) is 5.10 Å². The van der Waals surface area contributed by atoms with E-state index in [4.69, 9.17) is 0 Å². The molecule has 0 N–H and O–H groups in total. The van der Waals surface area contributed by atoms with Crippen molar-refractivity contribution in [1.29, 1.82) is 0 Å². The number of aromatic nitrogens is 2. The van der Waals surface area contributed by atoms with Crippen LogP contribution in [0.5, 0.6) is 0 Å². The minimum atomic E-state index is -4.48. The van der Waals surface area contributed by atoms with E-state index in [0.29, 0.717) is 0 Å². The molecule has 1 atom stereocenters. The molecule has 1 aromatic rings. The number of halogens is 3.